The Labute approximate surface area is 252 Å². The summed E-state index contributed by atoms with van der Waals surface area (Å²) in [5, 5.41) is 0. The van der Waals surface area contributed by atoms with E-state index in [2.05, 4.69) is 66.4 Å². The minimum Gasteiger partial charge on any atom is -0.462 e. The summed E-state index contributed by atoms with van der Waals surface area (Å²) in [5.41, 5.74) is 12.0. The highest BCUT2D eigenvalue weighted by atomic mass is 32.2. The molecule has 0 radical (unpaired) electrons. The molecule has 0 N–H and O–H groups in total. The van der Waals surface area contributed by atoms with Crippen LogP contribution in [0.1, 0.15) is 70.8 Å². The molecule has 3 aromatic carbocycles. The molecule has 0 bridgehead atoms. The van der Waals surface area contributed by atoms with Crippen molar-refractivity contribution in [3.63, 3.8) is 0 Å². The number of Topliss-reactive ketones (excluding diaryl/α,β-unsaturated/α-hetero) is 1. The second kappa shape index (κ2) is 10.1. The molecule has 0 fully saturated rings. The van der Waals surface area contributed by atoms with Crippen LogP contribution in [0.4, 0.5) is 5.69 Å². The molecule has 4 aliphatic heterocycles. The second-order valence-electron chi connectivity index (χ2n) is 11.9. The lowest BCUT2D eigenvalue weighted by molar-refractivity contribution is 0.103. The first-order chi connectivity index (χ1) is 20.5. The Bertz CT molecular complexity index is 1820. The number of ketones is 1. The second-order valence-corrected chi connectivity index (χ2v) is 13.0. The molecule has 1 atom stereocenters. The van der Waals surface area contributed by atoms with Crippen molar-refractivity contribution in [3.05, 3.63) is 146 Å². The van der Waals surface area contributed by atoms with Crippen LogP contribution >= 0.6 is 11.8 Å². The molecule has 0 aromatic heterocycles. The monoisotopic (exact) mass is 567 g/mol. The number of anilines is 1. The molecule has 4 heteroatoms. The van der Waals surface area contributed by atoms with Crippen LogP contribution in [0.15, 0.2) is 117 Å². The third kappa shape index (κ3) is 4.15. The van der Waals surface area contributed by atoms with Crippen LogP contribution in [-0.4, -0.2) is 18.9 Å². The van der Waals surface area contributed by atoms with Crippen molar-refractivity contribution in [2.75, 3.05) is 18.0 Å². The standard InChI is InChI=1S/C38H33NO2S/c1-23-18-29(42-38-32-15-9-17-39-16-8-12-26(36(32)39)21-33(23)38)22-28-20-27(19-24(2)41-28)35-34(25-10-4-3-5-11-25)30-13-6-7-14-31(30)37(35)40/h3-7,10-11,13-14,18-22,34H,8-9,12,15-17H2,1-2H3. The number of aryl methyl sites for hydroxylation is 1. The summed E-state index contributed by atoms with van der Waals surface area (Å²) < 4.78 is 6.28. The molecular weight excluding hydrogens is 534 g/mol. The fourth-order valence-corrected chi connectivity index (χ4v) is 8.75. The van der Waals surface area contributed by atoms with Gasteiger partial charge in [0, 0.05) is 45.6 Å². The number of fused-ring (bicyclic) bond motifs is 3. The van der Waals surface area contributed by atoms with Crippen molar-refractivity contribution in [2.24, 2.45) is 0 Å². The maximum atomic E-state index is 13.9. The Balaban J connectivity index is 1.22. The molecule has 0 saturated heterocycles. The van der Waals surface area contributed by atoms with Gasteiger partial charge in [-0.1, -0.05) is 66.4 Å². The zero-order valence-electron chi connectivity index (χ0n) is 24.1. The third-order valence-electron chi connectivity index (χ3n) is 9.19. The van der Waals surface area contributed by atoms with Gasteiger partial charge >= 0.3 is 0 Å². The first kappa shape index (κ1) is 25.7. The van der Waals surface area contributed by atoms with Crippen LogP contribution < -0.4 is 4.90 Å². The molecule has 5 aliphatic rings. The predicted octanol–water partition coefficient (Wildman–Crippen LogP) is 8.92. The van der Waals surface area contributed by atoms with Gasteiger partial charge in [-0.05, 0) is 109 Å². The van der Waals surface area contributed by atoms with E-state index in [1.54, 1.807) is 0 Å². The topological polar surface area (TPSA) is 29.5 Å². The summed E-state index contributed by atoms with van der Waals surface area (Å²) in [5.74, 6) is 1.58. The zero-order chi connectivity index (χ0) is 28.4. The van der Waals surface area contributed by atoms with E-state index in [1.807, 2.05) is 49.0 Å². The van der Waals surface area contributed by atoms with Gasteiger partial charge in [0.05, 0.1) is 0 Å². The van der Waals surface area contributed by atoms with E-state index in [0.717, 1.165) is 45.8 Å². The summed E-state index contributed by atoms with van der Waals surface area (Å²) in [4.78, 5) is 19.1. The number of hydrogen-bond acceptors (Lipinski definition) is 4. The summed E-state index contributed by atoms with van der Waals surface area (Å²) in [6.45, 7) is 6.57. The van der Waals surface area contributed by atoms with Gasteiger partial charge in [-0.3, -0.25) is 4.79 Å². The number of hydrogen-bond donors (Lipinski definition) is 0. The predicted molar refractivity (Wildman–Crippen MR) is 172 cm³/mol. The minimum absolute atomic E-state index is 0.0995. The molecule has 8 rings (SSSR count). The van der Waals surface area contributed by atoms with Crippen LogP contribution in [0, 0.1) is 0 Å². The van der Waals surface area contributed by atoms with E-state index < -0.39 is 0 Å². The molecule has 0 spiro atoms. The smallest absolute Gasteiger partial charge is 0.190 e. The molecule has 4 heterocycles. The van der Waals surface area contributed by atoms with E-state index in [-0.39, 0.29) is 11.7 Å². The van der Waals surface area contributed by atoms with Gasteiger partial charge in [0.15, 0.2) is 5.78 Å². The van der Waals surface area contributed by atoms with Gasteiger partial charge in [0.2, 0.25) is 0 Å². The van der Waals surface area contributed by atoms with Crippen LogP contribution in [0.2, 0.25) is 0 Å². The molecule has 1 aliphatic carbocycles. The highest BCUT2D eigenvalue weighted by Crippen LogP contribution is 2.50. The average Bonchev–Trinajstić information content (AvgIpc) is 3.30. The van der Waals surface area contributed by atoms with Gasteiger partial charge in [-0.2, -0.15) is 0 Å². The Hall–Kier alpha value is -4.02. The van der Waals surface area contributed by atoms with Gasteiger partial charge < -0.3 is 9.64 Å². The highest BCUT2D eigenvalue weighted by molar-refractivity contribution is 8.03. The first-order valence-electron chi connectivity index (χ1n) is 15.1. The van der Waals surface area contributed by atoms with Crippen LogP contribution in [0.5, 0.6) is 0 Å². The van der Waals surface area contributed by atoms with Crippen molar-refractivity contribution in [2.45, 2.75) is 50.3 Å². The number of carbonyl (C=O) groups excluding carboxylic acids is 1. The van der Waals surface area contributed by atoms with Crippen molar-refractivity contribution in [1.29, 1.82) is 0 Å². The fourth-order valence-electron chi connectivity index (χ4n) is 7.45. The maximum absolute atomic E-state index is 13.9. The lowest BCUT2D eigenvalue weighted by Crippen LogP contribution is -2.35. The van der Waals surface area contributed by atoms with E-state index in [9.17, 15) is 4.79 Å². The Kier molecular flexibility index (Phi) is 6.15. The number of rotatable bonds is 2. The van der Waals surface area contributed by atoms with Crippen LogP contribution in [0.3, 0.4) is 0 Å². The Morgan fingerprint density at radius 3 is 2.55 bits per heavy atom. The molecule has 0 amide bonds. The Morgan fingerprint density at radius 1 is 0.905 bits per heavy atom. The molecule has 3 aromatic rings. The van der Waals surface area contributed by atoms with Gasteiger partial charge in [0.25, 0.3) is 0 Å². The summed E-state index contributed by atoms with van der Waals surface area (Å²) in [7, 11) is 0. The molecule has 42 heavy (non-hydrogen) atoms. The van der Waals surface area contributed by atoms with Gasteiger partial charge in [-0.25, -0.2) is 0 Å². The van der Waals surface area contributed by atoms with Crippen LogP contribution in [-0.2, 0) is 17.6 Å². The normalized spacial score (nSPS) is 23.4. The van der Waals surface area contributed by atoms with Crippen LogP contribution in [0.25, 0.3) is 5.57 Å². The van der Waals surface area contributed by atoms with Crippen molar-refractivity contribution >= 4 is 28.8 Å². The number of nitrogens with zero attached hydrogens (tertiary/aromatic N) is 1. The number of allylic oxidation sites excluding steroid dienone is 8. The largest absolute Gasteiger partial charge is 0.462 e. The number of thioether (sulfide) groups is 1. The van der Waals surface area contributed by atoms with E-state index in [0.29, 0.717) is 0 Å². The Morgan fingerprint density at radius 2 is 1.69 bits per heavy atom. The number of ether oxygens (including phenoxy) is 1. The summed E-state index contributed by atoms with van der Waals surface area (Å²) >= 11 is 1.87. The lowest BCUT2D eigenvalue weighted by atomic mass is 9.86. The number of carbonyl (C=O) groups is 1. The van der Waals surface area contributed by atoms with Crippen molar-refractivity contribution in [1.82, 2.24) is 0 Å². The maximum Gasteiger partial charge on any atom is 0.190 e. The number of benzene rings is 3. The van der Waals surface area contributed by atoms with E-state index in [1.165, 1.54) is 70.1 Å². The molecule has 1 unspecified atom stereocenters. The minimum atomic E-state index is -0.0995. The molecule has 3 nitrogen and oxygen atoms in total. The molecular formula is C38H33NO2S. The SMILES string of the molecule is CC1=CC(=C2C(=O)c3ccccc3C2c2ccccc2)C=C(C=C2C=C(C)c3cc4c5c(c3S2)CCCN5CCC4)O1. The highest BCUT2D eigenvalue weighted by Gasteiger charge is 2.37. The van der Waals surface area contributed by atoms with E-state index in [4.69, 9.17) is 4.74 Å². The fraction of sp³-hybridized carbons (Fsp3) is 0.237. The zero-order valence-corrected chi connectivity index (χ0v) is 24.9. The summed E-state index contributed by atoms with van der Waals surface area (Å²) in [6.07, 6.45) is 13.3. The van der Waals surface area contributed by atoms with Crippen molar-refractivity contribution in [3.8, 4) is 0 Å². The quantitative estimate of drug-likeness (QED) is 0.289. The first-order valence-corrected chi connectivity index (χ1v) is 15.9. The van der Waals surface area contributed by atoms with Crippen molar-refractivity contribution < 1.29 is 9.53 Å². The van der Waals surface area contributed by atoms with Gasteiger partial charge in [-0.15, -0.1) is 0 Å². The van der Waals surface area contributed by atoms with E-state index >= 15 is 0 Å². The van der Waals surface area contributed by atoms with Gasteiger partial charge in [0.1, 0.15) is 11.5 Å². The third-order valence-corrected chi connectivity index (χ3v) is 10.3. The average molecular weight is 568 g/mol. The molecule has 208 valence electrons. The summed E-state index contributed by atoms with van der Waals surface area (Å²) in [6, 6.07) is 20.9. The molecule has 0 saturated carbocycles. The lowest BCUT2D eigenvalue weighted by Gasteiger charge is -2.39.